The lowest BCUT2D eigenvalue weighted by Gasteiger charge is -2.28. The van der Waals surface area contributed by atoms with E-state index in [2.05, 4.69) is 79.7 Å². The average molecular weight is 341 g/mol. The van der Waals surface area contributed by atoms with E-state index < -0.39 is 5.54 Å². The highest BCUT2D eigenvalue weighted by molar-refractivity contribution is 5.81. The molecule has 1 heterocycles. The van der Waals surface area contributed by atoms with Crippen molar-refractivity contribution in [3.8, 4) is 11.1 Å². The van der Waals surface area contributed by atoms with Crippen molar-refractivity contribution >= 4 is 5.96 Å². The summed E-state index contributed by atoms with van der Waals surface area (Å²) in [7, 11) is 1.99. The first-order valence-electron chi connectivity index (χ1n) is 8.88. The molecule has 0 saturated carbocycles. The third-order valence-corrected chi connectivity index (χ3v) is 5.11. The lowest BCUT2D eigenvalue weighted by atomic mass is 9.82. The van der Waals surface area contributed by atoms with Crippen molar-refractivity contribution in [3.05, 3.63) is 95.6 Å². The lowest BCUT2D eigenvalue weighted by molar-refractivity contribution is 0.432. The molecule has 1 aliphatic heterocycles. The van der Waals surface area contributed by atoms with E-state index in [9.17, 15) is 0 Å². The van der Waals surface area contributed by atoms with Gasteiger partial charge >= 0.3 is 0 Å². The van der Waals surface area contributed by atoms with Gasteiger partial charge in [0.05, 0.1) is 6.54 Å². The molecule has 0 spiro atoms. The molecule has 0 aliphatic carbocycles. The zero-order valence-corrected chi connectivity index (χ0v) is 15.2. The van der Waals surface area contributed by atoms with E-state index in [1.807, 2.05) is 18.0 Å². The van der Waals surface area contributed by atoms with Gasteiger partial charge in [-0.25, -0.2) is 4.99 Å². The number of guanidine groups is 1. The highest BCUT2D eigenvalue weighted by Gasteiger charge is 2.40. The summed E-state index contributed by atoms with van der Waals surface area (Å²) in [4.78, 5) is 6.93. The first kappa shape index (κ1) is 16.4. The molecule has 1 unspecified atom stereocenters. The SMILES string of the molecule is Cc1cccc(-c2cccc(C3(c4ccccc4)CN(C)C(N)=N3)c2)c1. The fourth-order valence-electron chi connectivity index (χ4n) is 3.71. The smallest absolute Gasteiger partial charge is 0.192 e. The highest BCUT2D eigenvalue weighted by atomic mass is 15.3. The van der Waals surface area contributed by atoms with Crippen LogP contribution in [0.5, 0.6) is 0 Å². The number of likely N-dealkylation sites (N-methyl/N-ethyl adjacent to an activating group) is 1. The Morgan fingerprint density at radius 1 is 0.846 bits per heavy atom. The number of hydrogen-bond acceptors (Lipinski definition) is 3. The van der Waals surface area contributed by atoms with Crippen molar-refractivity contribution in [1.82, 2.24) is 4.90 Å². The zero-order valence-electron chi connectivity index (χ0n) is 15.2. The Morgan fingerprint density at radius 3 is 2.15 bits per heavy atom. The Kier molecular flexibility index (Phi) is 4.00. The fourth-order valence-corrected chi connectivity index (χ4v) is 3.71. The maximum atomic E-state index is 6.17. The molecule has 1 atom stereocenters. The van der Waals surface area contributed by atoms with Crippen LogP contribution in [0.3, 0.4) is 0 Å². The molecule has 0 aromatic heterocycles. The van der Waals surface area contributed by atoms with Crippen LogP contribution >= 0.6 is 0 Å². The monoisotopic (exact) mass is 341 g/mol. The van der Waals surface area contributed by atoms with Gasteiger partial charge in [-0.05, 0) is 35.2 Å². The van der Waals surface area contributed by atoms with Crippen molar-refractivity contribution in [2.24, 2.45) is 10.7 Å². The molecule has 0 saturated heterocycles. The Morgan fingerprint density at radius 2 is 1.50 bits per heavy atom. The number of benzene rings is 3. The van der Waals surface area contributed by atoms with Crippen LogP contribution in [0, 0.1) is 6.92 Å². The first-order valence-corrected chi connectivity index (χ1v) is 8.88. The maximum absolute atomic E-state index is 6.17. The minimum Gasteiger partial charge on any atom is -0.370 e. The van der Waals surface area contributed by atoms with Crippen LogP contribution in [-0.4, -0.2) is 24.5 Å². The Balaban J connectivity index is 1.87. The van der Waals surface area contributed by atoms with Crippen molar-refractivity contribution in [3.63, 3.8) is 0 Å². The van der Waals surface area contributed by atoms with Crippen molar-refractivity contribution in [1.29, 1.82) is 0 Å². The molecule has 4 rings (SSSR count). The number of aliphatic imine (C=N–C) groups is 1. The van der Waals surface area contributed by atoms with Gasteiger partial charge in [0, 0.05) is 7.05 Å². The van der Waals surface area contributed by atoms with Gasteiger partial charge in [-0.1, -0.05) is 78.4 Å². The standard InChI is InChI=1S/C23H23N3/c1-17-8-6-9-18(14-17)19-10-7-13-21(15-19)23(16-26(2)22(24)25-23)20-11-4-3-5-12-20/h3-15H,16H2,1-2H3,(H2,24,25). The summed E-state index contributed by atoms with van der Waals surface area (Å²) in [6.07, 6.45) is 0. The molecule has 0 fully saturated rings. The molecular weight excluding hydrogens is 318 g/mol. The minimum absolute atomic E-state index is 0.472. The molecule has 3 aromatic rings. The second-order valence-corrected chi connectivity index (χ2v) is 7.00. The third kappa shape index (κ3) is 2.76. The number of nitrogens with two attached hydrogens (primary N) is 1. The summed E-state index contributed by atoms with van der Waals surface area (Å²) in [5.74, 6) is 0.579. The van der Waals surface area contributed by atoms with Gasteiger partial charge < -0.3 is 10.6 Å². The van der Waals surface area contributed by atoms with E-state index in [0.717, 1.165) is 17.7 Å². The Bertz CT molecular complexity index is 962. The lowest BCUT2D eigenvalue weighted by Crippen LogP contribution is -2.34. The molecule has 3 aromatic carbocycles. The summed E-state index contributed by atoms with van der Waals surface area (Å²) in [6, 6.07) is 27.7. The van der Waals surface area contributed by atoms with Crippen LogP contribution < -0.4 is 5.73 Å². The van der Waals surface area contributed by atoms with Crippen LogP contribution in [-0.2, 0) is 5.54 Å². The second-order valence-electron chi connectivity index (χ2n) is 7.00. The van der Waals surface area contributed by atoms with E-state index in [1.165, 1.54) is 16.7 Å². The fraction of sp³-hybridized carbons (Fsp3) is 0.174. The Hall–Kier alpha value is -3.07. The van der Waals surface area contributed by atoms with Gasteiger partial charge in [-0.3, -0.25) is 0 Å². The predicted molar refractivity (Wildman–Crippen MR) is 108 cm³/mol. The molecule has 0 amide bonds. The largest absolute Gasteiger partial charge is 0.370 e. The van der Waals surface area contributed by atoms with Gasteiger partial charge in [0.1, 0.15) is 5.54 Å². The van der Waals surface area contributed by atoms with Crippen molar-refractivity contribution in [2.75, 3.05) is 13.6 Å². The molecule has 3 nitrogen and oxygen atoms in total. The van der Waals surface area contributed by atoms with Crippen molar-refractivity contribution in [2.45, 2.75) is 12.5 Å². The van der Waals surface area contributed by atoms with Gasteiger partial charge in [0.2, 0.25) is 0 Å². The van der Waals surface area contributed by atoms with Crippen molar-refractivity contribution < 1.29 is 0 Å². The minimum atomic E-state index is -0.472. The number of hydrogen-bond donors (Lipinski definition) is 1. The second kappa shape index (κ2) is 6.34. The molecule has 26 heavy (non-hydrogen) atoms. The zero-order chi connectivity index (χ0) is 18.1. The van der Waals surface area contributed by atoms with Crippen LogP contribution in [0.2, 0.25) is 0 Å². The number of nitrogens with zero attached hydrogens (tertiary/aromatic N) is 2. The molecule has 130 valence electrons. The van der Waals surface area contributed by atoms with Gasteiger partial charge in [-0.15, -0.1) is 0 Å². The quantitative estimate of drug-likeness (QED) is 0.777. The predicted octanol–water partition coefficient (Wildman–Crippen LogP) is 4.17. The molecule has 3 heteroatoms. The van der Waals surface area contributed by atoms with E-state index in [-0.39, 0.29) is 0 Å². The average Bonchev–Trinajstić information content (AvgIpc) is 2.98. The van der Waals surface area contributed by atoms with Gasteiger partial charge in [-0.2, -0.15) is 0 Å². The summed E-state index contributed by atoms with van der Waals surface area (Å²) >= 11 is 0. The van der Waals surface area contributed by atoms with Gasteiger partial charge in [0.25, 0.3) is 0 Å². The maximum Gasteiger partial charge on any atom is 0.192 e. The number of aryl methyl sites for hydroxylation is 1. The van der Waals surface area contributed by atoms with E-state index in [0.29, 0.717) is 5.96 Å². The highest BCUT2D eigenvalue weighted by Crippen LogP contribution is 2.39. The summed E-state index contributed by atoms with van der Waals surface area (Å²) < 4.78 is 0. The van der Waals surface area contributed by atoms with Crippen LogP contribution in [0.1, 0.15) is 16.7 Å². The van der Waals surface area contributed by atoms with Crippen LogP contribution in [0.15, 0.2) is 83.9 Å². The van der Waals surface area contributed by atoms with Gasteiger partial charge in [0.15, 0.2) is 5.96 Å². The molecule has 2 N–H and O–H groups in total. The molecule has 1 aliphatic rings. The summed E-state index contributed by atoms with van der Waals surface area (Å²) in [6.45, 7) is 2.86. The van der Waals surface area contributed by atoms with Crippen LogP contribution in [0.25, 0.3) is 11.1 Å². The Labute approximate surface area is 154 Å². The molecule has 0 bridgehead atoms. The number of rotatable bonds is 3. The summed E-state index contributed by atoms with van der Waals surface area (Å²) in [5.41, 5.74) is 11.7. The van der Waals surface area contributed by atoms with E-state index >= 15 is 0 Å². The van der Waals surface area contributed by atoms with E-state index in [4.69, 9.17) is 10.7 Å². The summed E-state index contributed by atoms with van der Waals surface area (Å²) in [5, 5.41) is 0. The first-order chi connectivity index (χ1) is 12.6. The third-order valence-electron chi connectivity index (χ3n) is 5.11. The van der Waals surface area contributed by atoms with Crippen LogP contribution in [0.4, 0.5) is 0 Å². The molecular formula is C23H23N3. The van der Waals surface area contributed by atoms with E-state index in [1.54, 1.807) is 0 Å². The molecule has 0 radical (unpaired) electrons. The normalized spacial score (nSPS) is 19.5. The topological polar surface area (TPSA) is 41.6 Å².